The van der Waals surface area contributed by atoms with E-state index in [-0.39, 0.29) is 6.10 Å². The monoisotopic (exact) mass is 258 g/mol. The second-order valence-corrected chi connectivity index (χ2v) is 5.70. The van der Waals surface area contributed by atoms with Crippen LogP contribution in [0.5, 0.6) is 0 Å². The smallest absolute Gasteiger partial charge is 0.0529 e. The van der Waals surface area contributed by atoms with Crippen LogP contribution < -0.4 is 5.32 Å². The number of nitrogens with zero attached hydrogens (tertiary/aromatic N) is 1. The molecule has 0 bridgehead atoms. The summed E-state index contributed by atoms with van der Waals surface area (Å²) in [6.07, 6.45) is 5.34. The Morgan fingerprint density at radius 1 is 1.37 bits per heavy atom. The molecule has 3 heteroatoms. The van der Waals surface area contributed by atoms with Gasteiger partial charge in [-0.1, -0.05) is 6.07 Å². The third-order valence-electron chi connectivity index (χ3n) is 3.80. The predicted molar refractivity (Wildman–Crippen MR) is 78.1 cm³/mol. The average molecular weight is 258 g/mol. The van der Waals surface area contributed by atoms with Gasteiger partial charge in [0.1, 0.15) is 0 Å². The topological polar surface area (TPSA) is 37.2 Å². The van der Waals surface area contributed by atoms with E-state index in [2.05, 4.69) is 40.3 Å². The van der Waals surface area contributed by atoms with Crippen LogP contribution in [0.4, 0.5) is 0 Å². The van der Waals surface area contributed by atoms with Gasteiger partial charge in [0, 0.05) is 30.8 Å². The van der Waals surface area contributed by atoms with Crippen molar-refractivity contribution in [3.05, 3.63) is 36.0 Å². The SMILES string of the molecule is CC(O)CCn1ccc2cc(CNC3CC3)ccc21. The van der Waals surface area contributed by atoms with Gasteiger partial charge >= 0.3 is 0 Å². The van der Waals surface area contributed by atoms with Crippen molar-refractivity contribution in [1.29, 1.82) is 0 Å². The van der Waals surface area contributed by atoms with Crippen molar-refractivity contribution in [3.8, 4) is 0 Å². The fourth-order valence-electron chi connectivity index (χ4n) is 2.43. The molecule has 1 fully saturated rings. The number of aryl methyl sites for hydroxylation is 1. The van der Waals surface area contributed by atoms with Gasteiger partial charge in [-0.15, -0.1) is 0 Å². The summed E-state index contributed by atoms with van der Waals surface area (Å²) in [6, 6.07) is 9.59. The molecule has 1 heterocycles. The number of rotatable bonds is 6. The van der Waals surface area contributed by atoms with Crippen LogP contribution in [0.25, 0.3) is 10.9 Å². The van der Waals surface area contributed by atoms with E-state index in [1.165, 1.54) is 29.3 Å². The van der Waals surface area contributed by atoms with Crippen molar-refractivity contribution >= 4 is 10.9 Å². The van der Waals surface area contributed by atoms with Crippen molar-refractivity contribution in [1.82, 2.24) is 9.88 Å². The molecule has 0 radical (unpaired) electrons. The molecule has 102 valence electrons. The van der Waals surface area contributed by atoms with Crippen LogP contribution in [-0.2, 0) is 13.1 Å². The summed E-state index contributed by atoms with van der Waals surface area (Å²) in [5, 5.41) is 14.2. The molecule has 19 heavy (non-hydrogen) atoms. The third-order valence-corrected chi connectivity index (χ3v) is 3.80. The highest BCUT2D eigenvalue weighted by atomic mass is 16.3. The Balaban J connectivity index is 1.72. The Morgan fingerprint density at radius 3 is 2.95 bits per heavy atom. The quantitative estimate of drug-likeness (QED) is 0.836. The molecule has 0 amide bonds. The zero-order valence-electron chi connectivity index (χ0n) is 11.5. The van der Waals surface area contributed by atoms with E-state index >= 15 is 0 Å². The summed E-state index contributed by atoms with van der Waals surface area (Å²) in [6.45, 7) is 3.69. The lowest BCUT2D eigenvalue weighted by atomic mass is 10.1. The summed E-state index contributed by atoms with van der Waals surface area (Å²) >= 11 is 0. The molecule has 2 N–H and O–H groups in total. The first kappa shape index (κ1) is 12.7. The molecule has 3 nitrogen and oxygen atoms in total. The minimum atomic E-state index is -0.237. The summed E-state index contributed by atoms with van der Waals surface area (Å²) in [5.74, 6) is 0. The lowest BCUT2D eigenvalue weighted by Gasteiger charge is -2.08. The normalized spacial score (nSPS) is 16.9. The molecule has 3 rings (SSSR count). The van der Waals surface area contributed by atoms with Crippen molar-refractivity contribution in [2.75, 3.05) is 0 Å². The minimum absolute atomic E-state index is 0.237. The number of benzene rings is 1. The maximum Gasteiger partial charge on any atom is 0.0529 e. The molecule has 1 aromatic carbocycles. The number of aliphatic hydroxyl groups is 1. The van der Waals surface area contributed by atoms with E-state index in [9.17, 15) is 5.11 Å². The van der Waals surface area contributed by atoms with E-state index in [1.807, 2.05) is 6.92 Å². The van der Waals surface area contributed by atoms with Crippen LogP contribution in [0.1, 0.15) is 31.7 Å². The van der Waals surface area contributed by atoms with Gasteiger partial charge in [-0.3, -0.25) is 0 Å². The largest absolute Gasteiger partial charge is 0.393 e. The van der Waals surface area contributed by atoms with Crippen LogP contribution in [0, 0.1) is 0 Å². The predicted octanol–water partition coefficient (Wildman–Crippen LogP) is 2.66. The number of fused-ring (bicyclic) bond motifs is 1. The van der Waals surface area contributed by atoms with Gasteiger partial charge in [0.25, 0.3) is 0 Å². The number of aromatic nitrogens is 1. The standard InChI is InChI=1S/C16H22N2O/c1-12(19)6-8-18-9-7-14-10-13(2-5-16(14)18)11-17-15-3-4-15/h2,5,7,9-10,12,15,17,19H,3-4,6,8,11H2,1H3. The van der Waals surface area contributed by atoms with Crippen LogP contribution in [-0.4, -0.2) is 21.8 Å². The van der Waals surface area contributed by atoms with Crippen molar-refractivity contribution in [2.45, 2.75) is 51.4 Å². The first-order valence-corrected chi connectivity index (χ1v) is 7.21. The fraction of sp³-hybridized carbons (Fsp3) is 0.500. The molecule has 1 aromatic heterocycles. The van der Waals surface area contributed by atoms with E-state index < -0.39 is 0 Å². The minimum Gasteiger partial charge on any atom is -0.393 e. The number of hydrogen-bond donors (Lipinski definition) is 2. The zero-order chi connectivity index (χ0) is 13.2. The second-order valence-electron chi connectivity index (χ2n) is 5.70. The van der Waals surface area contributed by atoms with Crippen molar-refractivity contribution in [2.24, 2.45) is 0 Å². The van der Waals surface area contributed by atoms with Crippen LogP contribution in [0.3, 0.4) is 0 Å². The average Bonchev–Trinajstić information content (AvgIpc) is 3.14. The Kier molecular flexibility index (Phi) is 3.58. The van der Waals surface area contributed by atoms with E-state index in [1.54, 1.807) is 0 Å². The Labute approximate surface area is 114 Å². The van der Waals surface area contributed by atoms with Crippen LogP contribution in [0.15, 0.2) is 30.5 Å². The lowest BCUT2D eigenvalue weighted by molar-refractivity contribution is 0.178. The molecule has 1 unspecified atom stereocenters. The molecule has 2 aromatic rings. The van der Waals surface area contributed by atoms with Crippen LogP contribution >= 0.6 is 0 Å². The molecule has 1 atom stereocenters. The lowest BCUT2D eigenvalue weighted by Crippen LogP contribution is -2.15. The molecule has 0 spiro atoms. The third kappa shape index (κ3) is 3.17. The first-order chi connectivity index (χ1) is 9.22. The molecule has 0 saturated heterocycles. The second kappa shape index (κ2) is 5.35. The summed E-state index contributed by atoms with van der Waals surface area (Å²) in [7, 11) is 0. The van der Waals surface area contributed by atoms with Gasteiger partial charge in [-0.05, 0) is 55.3 Å². The highest BCUT2D eigenvalue weighted by molar-refractivity contribution is 5.80. The van der Waals surface area contributed by atoms with E-state index in [4.69, 9.17) is 0 Å². The molecule has 0 aliphatic heterocycles. The zero-order valence-corrected chi connectivity index (χ0v) is 11.5. The number of aliphatic hydroxyl groups excluding tert-OH is 1. The van der Waals surface area contributed by atoms with Gasteiger partial charge in [-0.25, -0.2) is 0 Å². The van der Waals surface area contributed by atoms with E-state index in [0.29, 0.717) is 0 Å². The van der Waals surface area contributed by atoms with Gasteiger partial charge in [-0.2, -0.15) is 0 Å². The highest BCUT2D eigenvalue weighted by Gasteiger charge is 2.19. The molecule has 1 aliphatic rings. The van der Waals surface area contributed by atoms with Gasteiger partial charge in [0.2, 0.25) is 0 Å². The Hall–Kier alpha value is -1.32. The molecule has 1 saturated carbocycles. The molecular weight excluding hydrogens is 236 g/mol. The number of nitrogens with one attached hydrogen (secondary N) is 1. The van der Waals surface area contributed by atoms with Crippen LogP contribution in [0.2, 0.25) is 0 Å². The highest BCUT2D eigenvalue weighted by Crippen LogP contribution is 2.21. The van der Waals surface area contributed by atoms with Crippen molar-refractivity contribution in [3.63, 3.8) is 0 Å². The summed E-state index contributed by atoms with van der Waals surface area (Å²) in [5.41, 5.74) is 2.61. The molecule has 1 aliphatic carbocycles. The number of hydrogen-bond acceptors (Lipinski definition) is 2. The van der Waals surface area contributed by atoms with E-state index in [0.717, 1.165) is 25.6 Å². The maximum atomic E-state index is 9.37. The summed E-state index contributed by atoms with van der Waals surface area (Å²) in [4.78, 5) is 0. The Bertz CT molecular complexity index is 555. The summed E-state index contributed by atoms with van der Waals surface area (Å²) < 4.78 is 2.22. The fourth-order valence-corrected chi connectivity index (χ4v) is 2.43. The molecular formula is C16H22N2O. The van der Waals surface area contributed by atoms with Crippen molar-refractivity contribution < 1.29 is 5.11 Å². The maximum absolute atomic E-state index is 9.37. The van der Waals surface area contributed by atoms with Gasteiger partial charge in [0.15, 0.2) is 0 Å². The van der Waals surface area contributed by atoms with Gasteiger partial charge in [0.05, 0.1) is 6.10 Å². The first-order valence-electron chi connectivity index (χ1n) is 7.21. The Morgan fingerprint density at radius 2 is 2.21 bits per heavy atom. The van der Waals surface area contributed by atoms with Gasteiger partial charge < -0.3 is 15.0 Å².